The minimum atomic E-state index is -0.545. The van der Waals surface area contributed by atoms with Crippen molar-refractivity contribution < 1.29 is 18.4 Å². The summed E-state index contributed by atoms with van der Waals surface area (Å²) in [4.78, 5) is 30.5. The Morgan fingerprint density at radius 2 is 1.13 bits per heavy atom. The van der Waals surface area contributed by atoms with Gasteiger partial charge in [-0.25, -0.2) is 0 Å². The number of rotatable bonds is 4. The molecule has 5 nitrogen and oxygen atoms in total. The van der Waals surface area contributed by atoms with E-state index in [2.05, 4.69) is 74.2 Å². The highest BCUT2D eigenvalue weighted by Crippen LogP contribution is 2.52. The highest BCUT2D eigenvalue weighted by atomic mass is 16.3. The van der Waals surface area contributed by atoms with E-state index in [-0.39, 0.29) is 5.41 Å². The molecule has 2 heterocycles. The largest absolute Gasteiger partial charge is 0.455 e. The summed E-state index contributed by atoms with van der Waals surface area (Å²) in [5.74, 6) is -1.09. The minimum Gasteiger partial charge on any atom is -0.455 e. The number of benzene rings is 7. The van der Waals surface area contributed by atoms with Crippen molar-refractivity contribution in [1.29, 1.82) is 0 Å². The second-order valence-corrected chi connectivity index (χ2v) is 14.8. The summed E-state index contributed by atoms with van der Waals surface area (Å²) >= 11 is 0. The summed E-state index contributed by atoms with van der Waals surface area (Å²) in [6, 6.07) is 48.3. The van der Waals surface area contributed by atoms with E-state index >= 15 is 0 Å². The van der Waals surface area contributed by atoms with Crippen LogP contribution in [0.5, 0.6) is 0 Å². The summed E-state index contributed by atoms with van der Waals surface area (Å²) in [7, 11) is 0. The third kappa shape index (κ3) is 4.63. The van der Waals surface area contributed by atoms with Gasteiger partial charge in [-0.1, -0.05) is 112 Å². The summed E-state index contributed by atoms with van der Waals surface area (Å²) in [5.41, 5.74) is 10.1. The molecule has 10 rings (SSSR count). The maximum atomic E-state index is 14.3. The highest BCUT2D eigenvalue weighted by Gasteiger charge is 2.37. The molecule has 9 aromatic rings. The van der Waals surface area contributed by atoms with Crippen LogP contribution >= 0.6 is 0 Å². The van der Waals surface area contributed by atoms with Crippen LogP contribution in [0, 0.1) is 0 Å². The first-order chi connectivity index (χ1) is 25.8. The Morgan fingerprint density at radius 3 is 1.81 bits per heavy atom. The fourth-order valence-electron chi connectivity index (χ4n) is 7.98. The quantitative estimate of drug-likeness (QED) is 0.172. The average Bonchev–Trinajstić information content (AvgIpc) is 3.76. The molecule has 254 valence electrons. The molecule has 53 heavy (non-hydrogen) atoms. The van der Waals surface area contributed by atoms with Crippen LogP contribution in [-0.4, -0.2) is 11.6 Å². The topological polar surface area (TPSA) is 63.7 Å². The number of carbonyl (C=O) groups excluding carboxylic acids is 2. The van der Waals surface area contributed by atoms with Gasteiger partial charge in [0.15, 0.2) is 5.58 Å². The van der Waals surface area contributed by atoms with Crippen molar-refractivity contribution in [2.75, 3.05) is 4.90 Å². The van der Waals surface area contributed by atoms with Gasteiger partial charge < -0.3 is 13.7 Å². The van der Waals surface area contributed by atoms with Crippen LogP contribution in [-0.2, 0) is 5.41 Å². The molecule has 5 heteroatoms. The van der Waals surface area contributed by atoms with E-state index in [0.29, 0.717) is 39.0 Å². The first kappa shape index (κ1) is 31.1. The van der Waals surface area contributed by atoms with Crippen molar-refractivity contribution in [3.8, 4) is 22.3 Å². The smallest absolute Gasteiger partial charge is 0.234 e. The van der Waals surface area contributed by atoms with Gasteiger partial charge in [0.2, 0.25) is 11.6 Å². The normalized spacial score (nSPS) is 12.9. The van der Waals surface area contributed by atoms with Crippen LogP contribution in [0.1, 0.15) is 47.1 Å². The van der Waals surface area contributed by atoms with E-state index in [4.69, 9.17) is 8.83 Å². The van der Waals surface area contributed by atoms with Crippen molar-refractivity contribution >= 4 is 72.5 Å². The Kier molecular flexibility index (Phi) is 6.67. The van der Waals surface area contributed by atoms with Crippen molar-refractivity contribution in [2.45, 2.75) is 26.2 Å². The van der Waals surface area contributed by atoms with Gasteiger partial charge in [0, 0.05) is 60.7 Å². The molecule has 0 spiro atoms. The number of carbonyl (C=O) groups is 2. The van der Waals surface area contributed by atoms with E-state index in [9.17, 15) is 9.59 Å². The molecule has 7 aromatic carbocycles. The van der Waals surface area contributed by atoms with Crippen LogP contribution in [0.3, 0.4) is 0 Å². The van der Waals surface area contributed by atoms with Crippen molar-refractivity contribution in [3.63, 3.8) is 0 Å². The Balaban J connectivity index is 1.35. The first-order valence-corrected chi connectivity index (χ1v) is 17.8. The molecular formula is C48H33NO4. The number of anilines is 3. The van der Waals surface area contributed by atoms with E-state index in [0.717, 1.165) is 60.9 Å². The van der Waals surface area contributed by atoms with Crippen LogP contribution in [0.15, 0.2) is 154 Å². The monoisotopic (exact) mass is 687 g/mol. The maximum Gasteiger partial charge on any atom is 0.234 e. The van der Waals surface area contributed by atoms with Crippen molar-refractivity contribution in [2.24, 2.45) is 0 Å². The second kappa shape index (κ2) is 11.4. The Hall–Kier alpha value is -6.72. The van der Waals surface area contributed by atoms with Gasteiger partial charge in [0.25, 0.3) is 0 Å². The molecule has 0 atom stereocenters. The predicted octanol–water partition coefficient (Wildman–Crippen LogP) is 13.0. The molecule has 0 fully saturated rings. The van der Waals surface area contributed by atoms with E-state index in [1.807, 2.05) is 91.0 Å². The summed E-state index contributed by atoms with van der Waals surface area (Å²) < 4.78 is 13.8. The number of ketones is 2. The number of para-hydroxylation sites is 3. The predicted molar refractivity (Wildman–Crippen MR) is 214 cm³/mol. The zero-order valence-corrected chi connectivity index (χ0v) is 29.4. The zero-order chi connectivity index (χ0) is 36.0. The van der Waals surface area contributed by atoms with E-state index in [1.54, 1.807) is 6.07 Å². The molecule has 0 saturated carbocycles. The molecule has 0 aliphatic heterocycles. The average molecular weight is 688 g/mol. The van der Waals surface area contributed by atoms with Crippen molar-refractivity contribution in [3.05, 3.63) is 162 Å². The number of hydrogen-bond acceptors (Lipinski definition) is 5. The minimum absolute atomic E-state index is 0.0810. The fourth-order valence-corrected chi connectivity index (χ4v) is 7.98. The molecule has 0 radical (unpaired) electrons. The standard InChI is InChI=1S/C48H33NO4/c1-48(2,3)29-22-23-32-33-24-25-34-41(46(33)52-39(32)26-29)40-37(44(51)43(34)50)27-36(28-14-7-4-8-15-28)47-42(40)35-20-13-21-38(45(35)53-47)49(30-16-9-5-10-17-30)31-18-11-6-12-19-31/h4-27H,1-3H3. The van der Waals surface area contributed by atoms with E-state index < -0.39 is 11.6 Å². The second-order valence-electron chi connectivity index (χ2n) is 14.8. The molecule has 0 N–H and O–H groups in total. The van der Waals surface area contributed by atoms with Crippen LogP contribution in [0.4, 0.5) is 17.1 Å². The third-order valence-corrected chi connectivity index (χ3v) is 10.6. The Morgan fingerprint density at radius 1 is 0.491 bits per heavy atom. The van der Waals surface area contributed by atoms with Crippen LogP contribution in [0.25, 0.3) is 66.1 Å². The molecule has 0 bridgehead atoms. The lowest BCUT2D eigenvalue weighted by Crippen LogP contribution is -2.21. The van der Waals surface area contributed by atoms with Crippen LogP contribution < -0.4 is 4.90 Å². The SMILES string of the molecule is CC(C)(C)c1ccc2c(c1)oc1c3c(ccc12)C(=O)C(=O)c1cc(-c2ccccc2)c2oc4c(N(c5ccccc5)c5ccccc5)cccc4c2c1-3. The van der Waals surface area contributed by atoms with Gasteiger partial charge in [0.05, 0.1) is 5.69 Å². The van der Waals surface area contributed by atoms with Gasteiger partial charge in [0.1, 0.15) is 16.7 Å². The zero-order valence-electron chi connectivity index (χ0n) is 29.4. The van der Waals surface area contributed by atoms with E-state index in [1.165, 1.54) is 0 Å². The highest BCUT2D eigenvalue weighted by molar-refractivity contribution is 6.55. The summed E-state index contributed by atoms with van der Waals surface area (Å²) in [6.45, 7) is 6.53. The first-order valence-electron chi connectivity index (χ1n) is 17.8. The molecule has 0 amide bonds. The molecule has 0 saturated heterocycles. The number of hydrogen-bond donors (Lipinski definition) is 0. The Bertz CT molecular complexity index is 2910. The Labute approximate surface area is 305 Å². The molecule has 0 unspecified atom stereocenters. The lowest BCUT2D eigenvalue weighted by molar-refractivity contribution is 0.0815. The van der Waals surface area contributed by atoms with Gasteiger partial charge in [-0.05, 0) is 71.1 Å². The molecule has 1 aliphatic rings. The molecule has 1 aliphatic carbocycles. The molecule has 2 aromatic heterocycles. The van der Waals surface area contributed by atoms with Gasteiger partial charge >= 0.3 is 0 Å². The number of Topliss-reactive ketones (excluding diaryl/α,β-unsaturated/α-hetero) is 2. The fraction of sp³-hybridized carbons (Fsp3) is 0.0833. The van der Waals surface area contributed by atoms with Gasteiger partial charge in [-0.2, -0.15) is 0 Å². The maximum absolute atomic E-state index is 14.3. The number of fused-ring (bicyclic) bond motifs is 11. The third-order valence-electron chi connectivity index (χ3n) is 10.6. The van der Waals surface area contributed by atoms with Gasteiger partial charge in [-0.3, -0.25) is 9.59 Å². The van der Waals surface area contributed by atoms with Crippen LogP contribution in [0.2, 0.25) is 0 Å². The van der Waals surface area contributed by atoms with Gasteiger partial charge in [-0.15, -0.1) is 0 Å². The number of nitrogens with zero attached hydrogens (tertiary/aromatic N) is 1. The molecular weight excluding hydrogens is 655 g/mol. The lowest BCUT2D eigenvalue weighted by atomic mass is 9.79. The number of furan rings is 2. The summed E-state index contributed by atoms with van der Waals surface area (Å²) in [5, 5.41) is 3.45. The lowest BCUT2D eigenvalue weighted by Gasteiger charge is -2.25. The van der Waals surface area contributed by atoms with Crippen molar-refractivity contribution in [1.82, 2.24) is 0 Å². The summed E-state index contributed by atoms with van der Waals surface area (Å²) in [6.07, 6.45) is 0.